The zero-order valence-corrected chi connectivity index (χ0v) is 14.4. The third kappa shape index (κ3) is 3.03. The number of aryl methyl sites for hydroxylation is 1. The minimum atomic E-state index is 0.609. The molecule has 0 amide bonds. The molecule has 2 aliphatic rings. The molecule has 4 nitrogen and oxygen atoms in total. The van der Waals surface area contributed by atoms with Gasteiger partial charge in [0, 0.05) is 12.5 Å². The van der Waals surface area contributed by atoms with Gasteiger partial charge in [-0.25, -0.2) is 0 Å². The standard InChI is InChI=1S/C18H22N4S/c1-14-19-21(18(23)22(14)17-7-8-17)13-20-11-9-16(10-12-20)15-5-3-2-4-6-15/h2-6,9,17H,7-8,10-13H2,1H3/p+1. The van der Waals surface area contributed by atoms with E-state index in [2.05, 4.69) is 53.0 Å². The van der Waals surface area contributed by atoms with Crippen LogP contribution in [-0.2, 0) is 6.67 Å². The molecular weight excluding hydrogens is 304 g/mol. The van der Waals surface area contributed by atoms with Gasteiger partial charge in [0.1, 0.15) is 5.82 Å². The van der Waals surface area contributed by atoms with Crippen molar-refractivity contribution in [3.8, 4) is 0 Å². The van der Waals surface area contributed by atoms with Gasteiger partial charge < -0.3 is 9.47 Å². The fourth-order valence-corrected chi connectivity index (χ4v) is 3.82. The summed E-state index contributed by atoms with van der Waals surface area (Å²) in [6.07, 6.45) is 6.00. The van der Waals surface area contributed by atoms with Crippen molar-refractivity contribution in [1.82, 2.24) is 14.3 Å². The Morgan fingerprint density at radius 2 is 2.04 bits per heavy atom. The van der Waals surface area contributed by atoms with E-state index >= 15 is 0 Å². The summed E-state index contributed by atoms with van der Waals surface area (Å²) in [5.74, 6) is 1.06. The highest BCUT2D eigenvalue weighted by Gasteiger charge is 2.28. The number of quaternary nitrogens is 1. The normalized spacial score (nSPS) is 21.3. The van der Waals surface area contributed by atoms with Crippen molar-refractivity contribution in [2.24, 2.45) is 0 Å². The molecule has 2 heterocycles. The van der Waals surface area contributed by atoms with Crippen molar-refractivity contribution in [2.45, 2.75) is 38.9 Å². The summed E-state index contributed by atoms with van der Waals surface area (Å²) in [5, 5.41) is 4.68. The molecule has 1 aliphatic heterocycles. The molecule has 1 atom stereocenters. The molecule has 0 radical (unpaired) electrons. The molecule has 0 saturated heterocycles. The zero-order chi connectivity index (χ0) is 15.8. The monoisotopic (exact) mass is 327 g/mol. The fraction of sp³-hybridized carbons (Fsp3) is 0.444. The minimum Gasteiger partial charge on any atom is -0.313 e. The first kappa shape index (κ1) is 14.8. The van der Waals surface area contributed by atoms with Crippen molar-refractivity contribution in [3.05, 3.63) is 52.6 Å². The summed E-state index contributed by atoms with van der Waals surface area (Å²) in [5.41, 5.74) is 2.83. The maximum atomic E-state index is 5.63. The van der Waals surface area contributed by atoms with E-state index in [0.717, 1.165) is 36.8 Å². The van der Waals surface area contributed by atoms with Crippen LogP contribution in [0, 0.1) is 11.7 Å². The molecule has 1 aromatic heterocycles. The van der Waals surface area contributed by atoms with Gasteiger partial charge in [-0.2, -0.15) is 9.78 Å². The van der Waals surface area contributed by atoms with E-state index < -0.39 is 0 Å². The van der Waals surface area contributed by atoms with Gasteiger partial charge in [0.2, 0.25) is 4.77 Å². The maximum absolute atomic E-state index is 5.63. The van der Waals surface area contributed by atoms with Crippen LogP contribution in [0.4, 0.5) is 0 Å². The molecule has 1 N–H and O–H groups in total. The highest BCUT2D eigenvalue weighted by atomic mass is 32.1. The lowest BCUT2D eigenvalue weighted by Gasteiger charge is -2.23. The van der Waals surface area contributed by atoms with Gasteiger partial charge in [0.15, 0.2) is 6.67 Å². The highest BCUT2D eigenvalue weighted by Crippen LogP contribution is 2.35. The average molecular weight is 327 g/mol. The van der Waals surface area contributed by atoms with E-state index in [9.17, 15) is 0 Å². The van der Waals surface area contributed by atoms with Gasteiger partial charge in [-0.05, 0) is 49.2 Å². The molecule has 5 heteroatoms. The molecule has 2 aromatic rings. The molecule has 1 fully saturated rings. The molecule has 1 unspecified atom stereocenters. The fourth-order valence-electron chi connectivity index (χ4n) is 3.44. The molecule has 0 spiro atoms. The summed E-state index contributed by atoms with van der Waals surface area (Å²) in [6.45, 7) is 5.13. The Labute approximate surface area is 142 Å². The van der Waals surface area contributed by atoms with Crippen LogP contribution in [0.25, 0.3) is 5.57 Å². The number of hydrogen-bond donors (Lipinski definition) is 1. The zero-order valence-electron chi connectivity index (χ0n) is 13.5. The molecule has 120 valence electrons. The van der Waals surface area contributed by atoms with Crippen LogP contribution in [0.3, 0.4) is 0 Å². The molecule has 1 aliphatic carbocycles. The number of benzene rings is 1. The number of nitrogens with zero attached hydrogens (tertiary/aromatic N) is 3. The summed E-state index contributed by atoms with van der Waals surface area (Å²) in [6, 6.07) is 11.3. The van der Waals surface area contributed by atoms with Gasteiger partial charge >= 0.3 is 0 Å². The van der Waals surface area contributed by atoms with Crippen LogP contribution in [-0.4, -0.2) is 27.4 Å². The van der Waals surface area contributed by atoms with E-state index in [1.165, 1.54) is 28.9 Å². The minimum absolute atomic E-state index is 0.609. The second kappa shape index (κ2) is 6.06. The third-order valence-electron chi connectivity index (χ3n) is 4.86. The SMILES string of the molecule is Cc1nn(C[NH+]2CC=C(c3ccccc3)CC2)c(=S)n1C1CC1. The average Bonchev–Trinajstić information content (AvgIpc) is 3.36. The topological polar surface area (TPSA) is 27.2 Å². The number of aromatic nitrogens is 3. The molecule has 23 heavy (non-hydrogen) atoms. The first-order valence-corrected chi connectivity index (χ1v) is 8.87. The number of hydrogen-bond acceptors (Lipinski definition) is 2. The van der Waals surface area contributed by atoms with Gasteiger partial charge in [-0.1, -0.05) is 30.3 Å². The van der Waals surface area contributed by atoms with Crippen LogP contribution in [0.2, 0.25) is 0 Å². The van der Waals surface area contributed by atoms with Crippen LogP contribution in [0.5, 0.6) is 0 Å². The second-order valence-electron chi connectivity index (χ2n) is 6.64. The Morgan fingerprint density at radius 3 is 2.70 bits per heavy atom. The lowest BCUT2D eigenvalue weighted by molar-refractivity contribution is -0.918. The lowest BCUT2D eigenvalue weighted by Crippen LogP contribution is -3.11. The first-order valence-electron chi connectivity index (χ1n) is 8.46. The Morgan fingerprint density at radius 1 is 1.26 bits per heavy atom. The van der Waals surface area contributed by atoms with E-state index in [-0.39, 0.29) is 0 Å². The van der Waals surface area contributed by atoms with Gasteiger partial charge in [0.05, 0.1) is 13.1 Å². The largest absolute Gasteiger partial charge is 0.313 e. The number of rotatable bonds is 4. The Kier molecular flexibility index (Phi) is 3.91. The predicted octanol–water partition coefficient (Wildman–Crippen LogP) is 2.39. The van der Waals surface area contributed by atoms with Crippen molar-refractivity contribution in [2.75, 3.05) is 13.1 Å². The van der Waals surface area contributed by atoms with Crippen molar-refractivity contribution < 1.29 is 4.90 Å². The molecule has 1 aromatic carbocycles. The quantitative estimate of drug-likeness (QED) is 0.873. The van der Waals surface area contributed by atoms with Crippen molar-refractivity contribution in [1.29, 1.82) is 0 Å². The Bertz CT molecular complexity index is 783. The van der Waals surface area contributed by atoms with Gasteiger partial charge in [-0.3, -0.25) is 0 Å². The Balaban J connectivity index is 1.46. The van der Waals surface area contributed by atoms with Crippen molar-refractivity contribution in [3.63, 3.8) is 0 Å². The van der Waals surface area contributed by atoms with Gasteiger partial charge in [-0.15, -0.1) is 0 Å². The molecular formula is C18H23N4S+. The maximum Gasteiger partial charge on any atom is 0.203 e. The smallest absolute Gasteiger partial charge is 0.203 e. The van der Waals surface area contributed by atoms with E-state index in [0.29, 0.717) is 6.04 Å². The van der Waals surface area contributed by atoms with E-state index in [4.69, 9.17) is 12.2 Å². The summed E-state index contributed by atoms with van der Waals surface area (Å²) in [7, 11) is 0. The van der Waals surface area contributed by atoms with Crippen LogP contribution in [0.15, 0.2) is 36.4 Å². The van der Waals surface area contributed by atoms with E-state index in [1.54, 1.807) is 0 Å². The first-order chi connectivity index (χ1) is 11.2. The van der Waals surface area contributed by atoms with E-state index in [1.807, 2.05) is 4.68 Å². The summed E-state index contributed by atoms with van der Waals surface area (Å²) >= 11 is 5.63. The second-order valence-corrected chi connectivity index (χ2v) is 7.00. The highest BCUT2D eigenvalue weighted by molar-refractivity contribution is 7.71. The van der Waals surface area contributed by atoms with Crippen molar-refractivity contribution >= 4 is 17.8 Å². The molecule has 4 rings (SSSR count). The number of nitrogens with one attached hydrogen (secondary N) is 1. The van der Waals surface area contributed by atoms with Crippen LogP contribution < -0.4 is 4.90 Å². The predicted molar refractivity (Wildman–Crippen MR) is 93.8 cm³/mol. The van der Waals surface area contributed by atoms with Crippen LogP contribution in [0.1, 0.15) is 36.7 Å². The van der Waals surface area contributed by atoms with Crippen LogP contribution >= 0.6 is 12.2 Å². The lowest BCUT2D eigenvalue weighted by atomic mass is 10.00. The molecule has 0 bridgehead atoms. The third-order valence-corrected chi connectivity index (χ3v) is 5.26. The Hall–Kier alpha value is -1.72. The van der Waals surface area contributed by atoms with Gasteiger partial charge in [0.25, 0.3) is 0 Å². The summed E-state index contributed by atoms with van der Waals surface area (Å²) < 4.78 is 5.17. The summed E-state index contributed by atoms with van der Waals surface area (Å²) in [4.78, 5) is 1.53. The molecule has 1 saturated carbocycles.